The number of aryl methyl sites for hydroxylation is 1. The third-order valence-electron chi connectivity index (χ3n) is 5.15. The second-order valence-corrected chi connectivity index (χ2v) is 7.02. The van der Waals surface area contributed by atoms with Gasteiger partial charge in [-0.2, -0.15) is 5.10 Å². The van der Waals surface area contributed by atoms with Crippen LogP contribution in [0.3, 0.4) is 0 Å². The average Bonchev–Trinajstić information content (AvgIpc) is 3.40. The second kappa shape index (κ2) is 7.27. The number of aromatic nitrogens is 2. The Hall–Kier alpha value is -3.08. The van der Waals surface area contributed by atoms with Gasteiger partial charge >= 0.3 is 0 Å². The second-order valence-electron chi connectivity index (χ2n) is 7.02. The first-order chi connectivity index (χ1) is 13.2. The van der Waals surface area contributed by atoms with Gasteiger partial charge in [0.25, 0.3) is 0 Å². The number of amides is 1. The van der Waals surface area contributed by atoms with Gasteiger partial charge in [-0.1, -0.05) is 42.5 Å². The fourth-order valence-corrected chi connectivity index (χ4v) is 3.54. The van der Waals surface area contributed by atoms with Crippen molar-refractivity contribution in [3.8, 4) is 5.75 Å². The molecule has 3 unspecified atom stereocenters. The van der Waals surface area contributed by atoms with Gasteiger partial charge in [-0.15, -0.1) is 0 Å². The zero-order valence-electron chi connectivity index (χ0n) is 15.5. The maximum absolute atomic E-state index is 12.9. The van der Waals surface area contributed by atoms with Crippen LogP contribution in [-0.4, -0.2) is 22.8 Å². The minimum absolute atomic E-state index is 0.0126. The SMILES string of the molecule is COc1ccc(C(NC(=O)C2CC2c2cnn(C)c2)c2ccccc2)cc1. The van der Waals surface area contributed by atoms with Crippen LogP contribution in [0.15, 0.2) is 67.0 Å². The number of methoxy groups -OCH3 is 1. The van der Waals surface area contributed by atoms with Gasteiger partial charge in [0.1, 0.15) is 5.75 Å². The summed E-state index contributed by atoms with van der Waals surface area (Å²) in [5, 5.41) is 7.47. The van der Waals surface area contributed by atoms with E-state index in [0.717, 1.165) is 28.9 Å². The number of carbonyl (C=O) groups is 1. The summed E-state index contributed by atoms with van der Waals surface area (Å²) in [6.45, 7) is 0. The molecule has 1 aliphatic carbocycles. The minimum atomic E-state index is -0.181. The topological polar surface area (TPSA) is 56.1 Å². The summed E-state index contributed by atoms with van der Waals surface area (Å²) in [6.07, 6.45) is 4.73. The number of carbonyl (C=O) groups excluding carboxylic acids is 1. The molecule has 138 valence electrons. The first-order valence-electron chi connectivity index (χ1n) is 9.13. The van der Waals surface area contributed by atoms with Crippen molar-refractivity contribution in [2.45, 2.75) is 18.4 Å². The van der Waals surface area contributed by atoms with Gasteiger partial charge in [-0.25, -0.2) is 0 Å². The summed E-state index contributed by atoms with van der Waals surface area (Å²) in [6, 6.07) is 17.7. The molecule has 1 aromatic heterocycles. The van der Waals surface area contributed by atoms with E-state index < -0.39 is 0 Å². The van der Waals surface area contributed by atoms with Crippen molar-refractivity contribution in [3.63, 3.8) is 0 Å². The molecular weight excluding hydrogens is 338 g/mol. The van der Waals surface area contributed by atoms with Crippen LogP contribution in [0.25, 0.3) is 0 Å². The Kier molecular flexibility index (Phi) is 4.67. The summed E-state index contributed by atoms with van der Waals surface area (Å²) in [5.74, 6) is 1.17. The van der Waals surface area contributed by atoms with Crippen molar-refractivity contribution in [2.75, 3.05) is 7.11 Å². The molecule has 4 rings (SSSR count). The van der Waals surface area contributed by atoms with Crippen molar-refractivity contribution in [1.82, 2.24) is 15.1 Å². The van der Waals surface area contributed by atoms with Gasteiger partial charge in [0.15, 0.2) is 0 Å². The Morgan fingerprint density at radius 1 is 1.15 bits per heavy atom. The predicted octanol–water partition coefficient (Wildman–Crippen LogP) is 3.44. The fourth-order valence-electron chi connectivity index (χ4n) is 3.54. The lowest BCUT2D eigenvalue weighted by molar-refractivity contribution is -0.122. The summed E-state index contributed by atoms with van der Waals surface area (Å²) in [7, 11) is 3.55. The van der Waals surface area contributed by atoms with Crippen LogP contribution in [0.5, 0.6) is 5.75 Å². The minimum Gasteiger partial charge on any atom is -0.497 e. The van der Waals surface area contributed by atoms with E-state index in [9.17, 15) is 4.79 Å². The van der Waals surface area contributed by atoms with Crippen molar-refractivity contribution in [1.29, 1.82) is 0 Å². The lowest BCUT2D eigenvalue weighted by Crippen LogP contribution is -2.30. The van der Waals surface area contributed by atoms with Gasteiger partial charge in [-0.3, -0.25) is 9.48 Å². The van der Waals surface area contributed by atoms with Gasteiger partial charge < -0.3 is 10.1 Å². The van der Waals surface area contributed by atoms with Crippen molar-refractivity contribution < 1.29 is 9.53 Å². The zero-order valence-corrected chi connectivity index (χ0v) is 15.5. The molecule has 1 amide bonds. The normalized spacial score (nSPS) is 19.3. The van der Waals surface area contributed by atoms with E-state index in [1.165, 1.54) is 0 Å². The van der Waals surface area contributed by atoms with Crippen molar-refractivity contribution in [3.05, 3.63) is 83.7 Å². The van der Waals surface area contributed by atoms with Crippen LogP contribution >= 0.6 is 0 Å². The highest BCUT2D eigenvalue weighted by atomic mass is 16.5. The van der Waals surface area contributed by atoms with Gasteiger partial charge in [-0.05, 0) is 41.2 Å². The lowest BCUT2D eigenvalue weighted by atomic mass is 9.98. The molecule has 0 spiro atoms. The smallest absolute Gasteiger partial charge is 0.224 e. The van der Waals surface area contributed by atoms with Crippen LogP contribution in [-0.2, 0) is 11.8 Å². The van der Waals surface area contributed by atoms with E-state index in [0.29, 0.717) is 0 Å². The monoisotopic (exact) mass is 361 g/mol. The van der Waals surface area contributed by atoms with Crippen LogP contribution in [0.2, 0.25) is 0 Å². The molecule has 1 fully saturated rings. The first-order valence-corrected chi connectivity index (χ1v) is 9.13. The Labute approximate surface area is 159 Å². The Morgan fingerprint density at radius 2 is 1.85 bits per heavy atom. The van der Waals surface area contributed by atoms with Crippen LogP contribution in [0, 0.1) is 5.92 Å². The number of ether oxygens (including phenoxy) is 1. The fraction of sp³-hybridized carbons (Fsp3) is 0.273. The summed E-state index contributed by atoms with van der Waals surface area (Å²) < 4.78 is 7.04. The van der Waals surface area contributed by atoms with Crippen LogP contribution in [0.4, 0.5) is 0 Å². The highest BCUT2D eigenvalue weighted by molar-refractivity contribution is 5.83. The zero-order chi connectivity index (χ0) is 18.8. The van der Waals surface area contributed by atoms with Gasteiger partial charge in [0, 0.05) is 19.2 Å². The molecule has 0 aliphatic heterocycles. The summed E-state index contributed by atoms with van der Waals surface area (Å²) >= 11 is 0. The quantitative estimate of drug-likeness (QED) is 0.732. The average molecular weight is 361 g/mol. The van der Waals surface area contributed by atoms with E-state index in [2.05, 4.69) is 10.4 Å². The Balaban J connectivity index is 1.53. The van der Waals surface area contributed by atoms with Crippen molar-refractivity contribution in [2.24, 2.45) is 13.0 Å². The maximum Gasteiger partial charge on any atom is 0.224 e. The van der Waals surface area contributed by atoms with E-state index in [1.54, 1.807) is 11.8 Å². The van der Waals surface area contributed by atoms with Crippen molar-refractivity contribution >= 4 is 5.91 Å². The summed E-state index contributed by atoms with van der Waals surface area (Å²) in [4.78, 5) is 12.9. The standard InChI is InChI=1S/C22H23N3O2/c1-25-14-17(13-23-25)19-12-20(19)22(26)24-21(15-6-4-3-5-7-15)16-8-10-18(27-2)11-9-16/h3-11,13-14,19-21H,12H2,1-2H3,(H,24,26). The van der Waals surface area contributed by atoms with E-state index in [1.807, 2.05) is 74.0 Å². The highest BCUT2D eigenvalue weighted by Crippen LogP contribution is 2.47. The Morgan fingerprint density at radius 3 is 2.48 bits per heavy atom. The van der Waals surface area contributed by atoms with Gasteiger partial charge in [0.05, 0.1) is 19.3 Å². The van der Waals surface area contributed by atoms with E-state index in [-0.39, 0.29) is 23.8 Å². The molecule has 3 atom stereocenters. The molecule has 0 bridgehead atoms. The Bertz CT molecular complexity index is 918. The van der Waals surface area contributed by atoms with E-state index >= 15 is 0 Å². The molecule has 27 heavy (non-hydrogen) atoms. The molecule has 1 heterocycles. The number of rotatable bonds is 6. The highest BCUT2D eigenvalue weighted by Gasteiger charge is 2.45. The number of hydrogen-bond acceptors (Lipinski definition) is 3. The molecule has 3 aromatic rings. The molecular formula is C22H23N3O2. The number of hydrogen-bond donors (Lipinski definition) is 1. The number of nitrogens with zero attached hydrogens (tertiary/aromatic N) is 2. The third-order valence-corrected chi connectivity index (χ3v) is 5.15. The summed E-state index contributed by atoms with van der Waals surface area (Å²) in [5.41, 5.74) is 3.24. The molecule has 0 radical (unpaired) electrons. The number of nitrogens with one attached hydrogen (secondary N) is 1. The van der Waals surface area contributed by atoms with Crippen LogP contribution < -0.4 is 10.1 Å². The molecule has 5 nitrogen and oxygen atoms in total. The first kappa shape index (κ1) is 17.3. The maximum atomic E-state index is 12.9. The number of benzene rings is 2. The molecule has 5 heteroatoms. The molecule has 1 saturated carbocycles. The lowest BCUT2D eigenvalue weighted by Gasteiger charge is -2.20. The van der Waals surface area contributed by atoms with E-state index in [4.69, 9.17) is 4.74 Å². The largest absolute Gasteiger partial charge is 0.497 e. The third kappa shape index (κ3) is 3.72. The molecule has 1 aliphatic rings. The molecule has 0 saturated heterocycles. The molecule has 2 aromatic carbocycles. The predicted molar refractivity (Wildman–Crippen MR) is 103 cm³/mol. The van der Waals surface area contributed by atoms with Gasteiger partial charge in [0.2, 0.25) is 5.91 Å². The van der Waals surface area contributed by atoms with Crippen LogP contribution in [0.1, 0.15) is 35.1 Å². The molecule has 1 N–H and O–H groups in total.